The summed E-state index contributed by atoms with van der Waals surface area (Å²) in [5.41, 5.74) is 6.05. The minimum atomic E-state index is 0.442. The van der Waals surface area contributed by atoms with E-state index in [-0.39, 0.29) is 0 Å². The molecule has 2 rings (SSSR count). The maximum atomic E-state index is 6.05. The molecule has 76 valence electrons. The monoisotopic (exact) mass is 182 g/mol. The van der Waals surface area contributed by atoms with Crippen LogP contribution in [0.1, 0.15) is 32.6 Å². The third kappa shape index (κ3) is 2.68. The molecule has 0 spiro atoms. The molecule has 2 N–H and O–H groups in total. The fourth-order valence-electron chi connectivity index (χ4n) is 2.60. The van der Waals surface area contributed by atoms with Gasteiger partial charge in [0.2, 0.25) is 0 Å². The maximum Gasteiger partial charge on any atom is 0.0170 e. The van der Waals surface area contributed by atoms with Gasteiger partial charge in [-0.25, -0.2) is 0 Å². The Morgan fingerprint density at radius 1 is 1.23 bits per heavy atom. The molecule has 2 atom stereocenters. The van der Waals surface area contributed by atoms with Crippen LogP contribution in [0.4, 0.5) is 0 Å². The Labute approximate surface area is 81.5 Å². The van der Waals surface area contributed by atoms with Crippen molar-refractivity contribution in [2.24, 2.45) is 17.6 Å². The molecule has 2 fully saturated rings. The molecule has 2 aliphatic rings. The lowest BCUT2D eigenvalue weighted by molar-refractivity contribution is 0.154. The number of hydrogen-bond donors (Lipinski definition) is 1. The first-order chi connectivity index (χ1) is 6.28. The van der Waals surface area contributed by atoms with E-state index in [1.54, 1.807) is 0 Å². The second-order valence-electron chi connectivity index (χ2n) is 4.89. The maximum absolute atomic E-state index is 6.05. The van der Waals surface area contributed by atoms with Crippen molar-refractivity contribution >= 4 is 0 Å². The molecule has 0 aromatic heterocycles. The van der Waals surface area contributed by atoms with E-state index in [4.69, 9.17) is 5.73 Å². The molecule has 2 heteroatoms. The minimum absolute atomic E-state index is 0.442. The zero-order chi connectivity index (χ0) is 9.26. The lowest BCUT2D eigenvalue weighted by Crippen LogP contribution is -2.46. The summed E-state index contributed by atoms with van der Waals surface area (Å²) < 4.78 is 0. The van der Waals surface area contributed by atoms with Gasteiger partial charge in [0.1, 0.15) is 0 Å². The quantitative estimate of drug-likeness (QED) is 0.716. The van der Waals surface area contributed by atoms with E-state index in [0.29, 0.717) is 6.04 Å². The number of likely N-dealkylation sites (tertiary alicyclic amines) is 1. The van der Waals surface area contributed by atoms with Gasteiger partial charge in [-0.15, -0.1) is 0 Å². The molecule has 0 aromatic carbocycles. The largest absolute Gasteiger partial charge is 0.327 e. The van der Waals surface area contributed by atoms with Crippen molar-refractivity contribution in [3.63, 3.8) is 0 Å². The third-order valence-electron chi connectivity index (χ3n) is 3.46. The zero-order valence-electron chi connectivity index (χ0n) is 8.71. The molecule has 0 radical (unpaired) electrons. The van der Waals surface area contributed by atoms with Gasteiger partial charge >= 0.3 is 0 Å². The summed E-state index contributed by atoms with van der Waals surface area (Å²) in [7, 11) is 0. The molecule has 1 saturated heterocycles. The second-order valence-corrected chi connectivity index (χ2v) is 4.89. The molecule has 1 aliphatic heterocycles. The highest BCUT2D eigenvalue weighted by Gasteiger charge is 2.30. The molecule has 2 nitrogen and oxygen atoms in total. The molecule has 2 unspecified atom stereocenters. The number of nitrogens with two attached hydrogens (primary N) is 1. The minimum Gasteiger partial charge on any atom is -0.327 e. The van der Waals surface area contributed by atoms with Crippen LogP contribution >= 0.6 is 0 Å². The van der Waals surface area contributed by atoms with Gasteiger partial charge in [0.05, 0.1) is 0 Å². The van der Waals surface area contributed by atoms with Gasteiger partial charge < -0.3 is 10.6 Å². The predicted molar refractivity (Wildman–Crippen MR) is 55.5 cm³/mol. The molecule has 0 amide bonds. The summed E-state index contributed by atoms with van der Waals surface area (Å²) in [5.74, 6) is 1.96. The highest BCUT2D eigenvalue weighted by Crippen LogP contribution is 2.37. The van der Waals surface area contributed by atoms with Crippen molar-refractivity contribution in [1.29, 1.82) is 0 Å². The predicted octanol–water partition coefficient (Wildman–Crippen LogP) is 1.46. The molecule has 13 heavy (non-hydrogen) atoms. The lowest BCUT2D eigenvalue weighted by atomic mass is 9.90. The standard InChI is InChI=1S/C11H22N2/c1-2-13-7-10(5-9-3-4-9)6-11(12)8-13/h9-11H,2-8,12H2,1H3. The average molecular weight is 182 g/mol. The van der Waals surface area contributed by atoms with Crippen molar-refractivity contribution in [2.45, 2.75) is 38.6 Å². The number of piperidine rings is 1. The smallest absolute Gasteiger partial charge is 0.0170 e. The van der Waals surface area contributed by atoms with Crippen LogP contribution in [0.25, 0.3) is 0 Å². The van der Waals surface area contributed by atoms with E-state index in [1.165, 1.54) is 38.8 Å². The SMILES string of the molecule is CCN1CC(N)CC(CC2CC2)C1. The number of likely N-dealkylation sites (N-methyl/N-ethyl adjacent to an activating group) is 1. The van der Waals surface area contributed by atoms with Crippen LogP contribution in [0.5, 0.6) is 0 Å². The summed E-state index contributed by atoms with van der Waals surface area (Å²) in [6.45, 7) is 5.85. The van der Waals surface area contributed by atoms with Crippen LogP contribution in [0.3, 0.4) is 0 Å². The van der Waals surface area contributed by atoms with Gasteiger partial charge in [-0.2, -0.15) is 0 Å². The Morgan fingerprint density at radius 3 is 2.62 bits per heavy atom. The van der Waals surface area contributed by atoms with Crippen molar-refractivity contribution < 1.29 is 0 Å². The number of hydrogen-bond acceptors (Lipinski definition) is 2. The first kappa shape index (κ1) is 9.47. The van der Waals surface area contributed by atoms with Crippen LogP contribution in [0, 0.1) is 11.8 Å². The van der Waals surface area contributed by atoms with Crippen LogP contribution in [0.2, 0.25) is 0 Å². The Bertz CT molecular complexity index is 163. The Morgan fingerprint density at radius 2 is 2.00 bits per heavy atom. The zero-order valence-corrected chi connectivity index (χ0v) is 8.71. The van der Waals surface area contributed by atoms with Gasteiger partial charge in [0.25, 0.3) is 0 Å². The van der Waals surface area contributed by atoms with Crippen LogP contribution in [-0.2, 0) is 0 Å². The Balaban J connectivity index is 1.80. The van der Waals surface area contributed by atoms with Gasteiger partial charge in [-0.1, -0.05) is 19.8 Å². The highest BCUT2D eigenvalue weighted by atomic mass is 15.1. The highest BCUT2D eigenvalue weighted by molar-refractivity contribution is 4.85. The normalized spacial score (nSPS) is 36.5. The van der Waals surface area contributed by atoms with E-state index in [2.05, 4.69) is 11.8 Å². The summed E-state index contributed by atoms with van der Waals surface area (Å²) in [5, 5.41) is 0. The van der Waals surface area contributed by atoms with Gasteiger partial charge in [0.15, 0.2) is 0 Å². The fourth-order valence-corrected chi connectivity index (χ4v) is 2.60. The molecular formula is C11H22N2. The third-order valence-corrected chi connectivity index (χ3v) is 3.46. The molecule has 1 aliphatic carbocycles. The summed E-state index contributed by atoms with van der Waals surface area (Å²) in [6.07, 6.45) is 5.69. The van der Waals surface area contributed by atoms with E-state index in [9.17, 15) is 0 Å². The van der Waals surface area contributed by atoms with Crippen molar-refractivity contribution in [3.05, 3.63) is 0 Å². The summed E-state index contributed by atoms with van der Waals surface area (Å²) >= 11 is 0. The van der Waals surface area contributed by atoms with Gasteiger partial charge in [0, 0.05) is 19.1 Å². The molecule has 1 saturated carbocycles. The van der Waals surface area contributed by atoms with E-state index >= 15 is 0 Å². The second kappa shape index (κ2) is 3.97. The van der Waals surface area contributed by atoms with E-state index in [1.807, 2.05) is 0 Å². The Hall–Kier alpha value is -0.0800. The van der Waals surface area contributed by atoms with Crippen LogP contribution in [0.15, 0.2) is 0 Å². The molecule has 0 aromatic rings. The molecule has 0 bridgehead atoms. The van der Waals surface area contributed by atoms with Crippen molar-refractivity contribution in [1.82, 2.24) is 4.90 Å². The topological polar surface area (TPSA) is 29.3 Å². The van der Waals surface area contributed by atoms with E-state index < -0.39 is 0 Å². The first-order valence-corrected chi connectivity index (χ1v) is 5.76. The van der Waals surface area contributed by atoms with Crippen molar-refractivity contribution in [2.75, 3.05) is 19.6 Å². The fraction of sp³-hybridized carbons (Fsp3) is 1.00. The van der Waals surface area contributed by atoms with Crippen molar-refractivity contribution in [3.8, 4) is 0 Å². The number of rotatable bonds is 3. The van der Waals surface area contributed by atoms with E-state index in [0.717, 1.165) is 18.4 Å². The van der Waals surface area contributed by atoms with Crippen LogP contribution < -0.4 is 5.73 Å². The van der Waals surface area contributed by atoms with Gasteiger partial charge in [-0.05, 0) is 31.2 Å². The molecular weight excluding hydrogens is 160 g/mol. The first-order valence-electron chi connectivity index (χ1n) is 5.76. The number of nitrogens with zero attached hydrogens (tertiary/aromatic N) is 1. The Kier molecular flexibility index (Phi) is 2.89. The molecule has 1 heterocycles. The summed E-state index contributed by atoms with van der Waals surface area (Å²) in [4.78, 5) is 2.52. The summed E-state index contributed by atoms with van der Waals surface area (Å²) in [6, 6.07) is 0.442. The van der Waals surface area contributed by atoms with Crippen LogP contribution in [-0.4, -0.2) is 30.6 Å². The average Bonchev–Trinajstić information content (AvgIpc) is 2.87. The lowest BCUT2D eigenvalue weighted by Gasteiger charge is -2.35. The van der Waals surface area contributed by atoms with Gasteiger partial charge in [-0.3, -0.25) is 0 Å².